The maximum atomic E-state index is 12.7. The van der Waals surface area contributed by atoms with Crippen molar-refractivity contribution in [2.45, 2.75) is 33.1 Å². The van der Waals surface area contributed by atoms with Crippen LogP contribution in [0.4, 0.5) is 11.4 Å². The molecule has 0 spiro atoms. The minimum Gasteiger partial charge on any atom is -0.487 e. The number of nitrogens with one attached hydrogen (secondary N) is 1. The molecule has 4 aromatic rings. The highest BCUT2D eigenvalue weighted by molar-refractivity contribution is 6.05. The van der Waals surface area contributed by atoms with Crippen LogP contribution in [0.2, 0.25) is 0 Å². The molecule has 0 fully saturated rings. The monoisotopic (exact) mass is 459 g/mol. The molecule has 1 amide bonds. The van der Waals surface area contributed by atoms with Gasteiger partial charge in [-0.3, -0.25) is 14.9 Å². The van der Waals surface area contributed by atoms with Crippen LogP contribution in [0.1, 0.15) is 42.6 Å². The minimum absolute atomic E-state index is 0.125. The average Bonchev–Trinajstić information content (AvgIpc) is 3.26. The van der Waals surface area contributed by atoms with Gasteiger partial charge in [0.15, 0.2) is 5.75 Å². The molecule has 0 aliphatic rings. The van der Waals surface area contributed by atoms with E-state index in [0.717, 1.165) is 24.9 Å². The Bertz CT molecular complexity index is 1330. The predicted molar refractivity (Wildman–Crippen MR) is 130 cm³/mol. The van der Waals surface area contributed by atoms with Crippen molar-refractivity contribution in [3.05, 3.63) is 81.9 Å². The SMILES string of the molecule is CCCCc1ccc(-n2nc3ccc(NC(=O)c4ccc(OCC)c([N+](=O)[O-])c4)cc3n2)cc1. The number of carbonyl (C=O) groups is 1. The normalized spacial score (nSPS) is 10.9. The molecule has 9 nitrogen and oxygen atoms in total. The first kappa shape index (κ1) is 22.9. The molecule has 0 radical (unpaired) electrons. The highest BCUT2D eigenvalue weighted by atomic mass is 16.6. The molecule has 1 N–H and O–H groups in total. The van der Waals surface area contributed by atoms with Gasteiger partial charge in [0, 0.05) is 17.3 Å². The fourth-order valence-corrected chi connectivity index (χ4v) is 3.57. The van der Waals surface area contributed by atoms with Gasteiger partial charge in [0.1, 0.15) is 11.0 Å². The Morgan fingerprint density at radius 2 is 1.79 bits per heavy atom. The molecule has 1 aromatic heterocycles. The standard InChI is InChI=1S/C25H25N5O4/c1-3-5-6-17-7-11-20(12-8-17)29-27-21-13-10-19(16-22(21)28-29)26-25(31)18-9-14-24(34-4-2)23(15-18)30(32)33/h7-16H,3-6H2,1-2H3,(H,26,31). The fraction of sp³-hybridized carbons (Fsp3) is 0.240. The van der Waals surface area contributed by atoms with E-state index in [1.54, 1.807) is 29.9 Å². The first-order valence-corrected chi connectivity index (χ1v) is 11.2. The number of benzene rings is 3. The lowest BCUT2D eigenvalue weighted by atomic mass is 10.1. The molecule has 0 bridgehead atoms. The summed E-state index contributed by atoms with van der Waals surface area (Å²) in [6.07, 6.45) is 3.36. The molecule has 1 heterocycles. The maximum absolute atomic E-state index is 12.7. The highest BCUT2D eigenvalue weighted by Gasteiger charge is 2.19. The quantitative estimate of drug-likeness (QED) is 0.268. The van der Waals surface area contributed by atoms with Gasteiger partial charge in [-0.2, -0.15) is 4.80 Å². The molecule has 0 saturated heterocycles. The third kappa shape index (κ3) is 5.03. The smallest absolute Gasteiger partial charge is 0.311 e. The zero-order chi connectivity index (χ0) is 24.1. The van der Waals surface area contributed by atoms with Gasteiger partial charge in [-0.15, -0.1) is 10.2 Å². The van der Waals surface area contributed by atoms with E-state index < -0.39 is 10.8 Å². The van der Waals surface area contributed by atoms with Crippen LogP contribution in [0.15, 0.2) is 60.7 Å². The second-order valence-corrected chi connectivity index (χ2v) is 7.79. The highest BCUT2D eigenvalue weighted by Crippen LogP contribution is 2.28. The largest absolute Gasteiger partial charge is 0.487 e. The zero-order valence-electron chi connectivity index (χ0n) is 19.0. The third-order valence-electron chi connectivity index (χ3n) is 5.34. The van der Waals surface area contributed by atoms with E-state index in [0.29, 0.717) is 16.7 Å². The molecule has 174 valence electrons. The number of hydrogen-bond acceptors (Lipinski definition) is 6. The Morgan fingerprint density at radius 3 is 2.50 bits per heavy atom. The summed E-state index contributed by atoms with van der Waals surface area (Å²) < 4.78 is 5.27. The number of fused-ring (bicyclic) bond motifs is 1. The Labute approximate surface area is 196 Å². The molecule has 9 heteroatoms. The Hall–Kier alpha value is -4.27. The maximum Gasteiger partial charge on any atom is 0.311 e. The van der Waals surface area contributed by atoms with E-state index in [-0.39, 0.29) is 23.6 Å². The van der Waals surface area contributed by atoms with Gasteiger partial charge in [0.25, 0.3) is 5.91 Å². The van der Waals surface area contributed by atoms with E-state index in [9.17, 15) is 14.9 Å². The van der Waals surface area contributed by atoms with Gasteiger partial charge in [0.05, 0.1) is 17.2 Å². The first-order chi connectivity index (χ1) is 16.5. The lowest BCUT2D eigenvalue weighted by Gasteiger charge is -2.07. The number of amides is 1. The van der Waals surface area contributed by atoms with Gasteiger partial charge in [-0.05, 0) is 67.8 Å². The Balaban J connectivity index is 1.53. The van der Waals surface area contributed by atoms with Crippen LogP contribution in [0.5, 0.6) is 5.75 Å². The number of carbonyl (C=O) groups excluding carboxylic acids is 1. The number of nitrogens with zero attached hydrogens (tertiary/aromatic N) is 4. The molecule has 3 aromatic carbocycles. The van der Waals surface area contributed by atoms with Crippen LogP contribution >= 0.6 is 0 Å². The summed E-state index contributed by atoms with van der Waals surface area (Å²) >= 11 is 0. The summed E-state index contributed by atoms with van der Waals surface area (Å²) in [7, 11) is 0. The number of hydrogen-bond donors (Lipinski definition) is 1. The van der Waals surface area contributed by atoms with E-state index in [1.807, 2.05) is 12.1 Å². The van der Waals surface area contributed by atoms with Crippen molar-refractivity contribution in [1.29, 1.82) is 0 Å². The van der Waals surface area contributed by atoms with Gasteiger partial charge in [-0.25, -0.2) is 0 Å². The number of nitro groups is 1. The van der Waals surface area contributed by atoms with Crippen LogP contribution < -0.4 is 10.1 Å². The average molecular weight is 460 g/mol. The van der Waals surface area contributed by atoms with Crippen LogP contribution in [0.3, 0.4) is 0 Å². The topological polar surface area (TPSA) is 112 Å². The summed E-state index contributed by atoms with van der Waals surface area (Å²) in [5.41, 5.74) is 3.84. The van der Waals surface area contributed by atoms with Crippen molar-refractivity contribution in [3.63, 3.8) is 0 Å². The van der Waals surface area contributed by atoms with Gasteiger partial charge >= 0.3 is 5.69 Å². The second kappa shape index (κ2) is 10.1. The molecule has 0 saturated carbocycles. The van der Waals surface area contributed by atoms with Gasteiger partial charge in [-0.1, -0.05) is 25.5 Å². The number of nitro benzene ring substituents is 1. The Morgan fingerprint density at radius 1 is 1.03 bits per heavy atom. The molecule has 34 heavy (non-hydrogen) atoms. The molecular formula is C25H25N5O4. The number of unbranched alkanes of at least 4 members (excludes halogenated alkanes) is 1. The van der Waals surface area contributed by atoms with E-state index in [4.69, 9.17) is 4.74 Å². The third-order valence-corrected chi connectivity index (χ3v) is 5.34. The Kier molecular flexibility index (Phi) is 6.82. The van der Waals surface area contributed by atoms with E-state index in [1.165, 1.54) is 23.8 Å². The lowest BCUT2D eigenvalue weighted by molar-refractivity contribution is -0.385. The van der Waals surface area contributed by atoms with Gasteiger partial charge in [0.2, 0.25) is 0 Å². The molecule has 0 aliphatic carbocycles. The number of anilines is 1. The number of ether oxygens (including phenoxy) is 1. The van der Waals surface area contributed by atoms with Crippen LogP contribution in [0, 0.1) is 10.1 Å². The summed E-state index contributed by atoms with van der Waals surface area (Å²) in [6, 6.07) is 17.5. The van der Waals surface area contributed by atoms with Crippen LogP contribution in [-0.4, -0.2) is 32.4 Å². The zero-order valence-corrected chi connectivity index (χ0v) is 19.0. The predicted octanol–water partition coefficient (Wildman–Crippen LogP) is 5.32. The summed E-state index contributed by atoms with van der Waals surface area (Å²) in [6.45, 7) is 4.20. The van der Waals surface area contributed by atoms with Crippen molar-refractivity contribution >= 4 is 28.3 Å². The first-order valence-electron chi connectivity index (χ1n) is 11.2. The van der Waals surface area contributed by atoms with E-state index in [2.05, 4.69) is 34.6 Å². The van der Waals surface area contributed by atoms with Crippen molar-refractivity contribution < 1.29 is 14.5 Å². The molecule has 0 unspecified atom stereocenters. The minimum atomic E-state index is -0.567. The second-order valence-electron chi connectivity index (χ2n) is 7.79. The summed E-state index contributed by atoms with van der Waals surface area (Å²) in [5, 5.41) is 23.2. The number of aryl methyl sites for hydroxylation is 1. The van der Waals surface area contributed by atoms with Crippen molar-refractivity contribution in [2.75, 3.05) is 11.9 Å². The van der Waals surface area contributed by atoms with Crippen LogP contribution in [-0.2, 0) is 6.42 Å². The summed E-state index contributed by atoms with van der Waals surface area (Å²) in [5.74, 6) is -0.346. The lowest BCUT2D eigenvalue weighted by Crippen LogP contribution is -2.12. The molecule has 0 atom stereocenters. The molecule has 4 rings (SSSR count). The van der Waals surface area contributed by atoms with Crippen molar-refractivity contribution in [2.24, 2.45) is 0 Å². The number of rotatable bonds is 9. The summed E-state index contributed by atoms with van der Waals surface area (Å²) in [4.78, 5) is 25.0. The molecule has 0 aliphatic heterocycles. The van der Waals surface area contributed by atoms with Crippen molar-refractivity contribution in [3.8, 4) is 11.4 Å². The number of aromatic nitrogens is 3. The van der Waals surface area contributed by atoms with E-state index >= 15 is 0 Å². The van der Waals surface area contributed by atoms with Gasteiger partial charge < -0.3 is 10.1 Å². The van der Waals surface area contributed by atoms with Crippen molar-refractivity contribution in [1.82, 2.24) is 15.0 Å². The van der Waals surface area contributed by atoms with Crippen LogP contribution in [0.25, 0.3) is 16.7 Å². The fourth-order valence-electron chi connectivity index (χ4n) is 3.57. The molecular weight excluding hydrogens is 434 g/mol.